The summed E-state index contributed by atoms with van der Waals surface area (Å²) < 4.78 is 0. The molecule has 40 heavy (non-hydrogen) atoms. The Balaban J connectivity index is 1.27. The average molecular weight is 552 g/mol. The van der Waals surface area contributed by atoms with E-state index in [1.807, 2.05) is 42.5 Å². The van der Waals surface area contributed by atoms with Crippen LogP contribution in [0.15, 0.2) is 96.2 Å². The molecule has 6 nitrogen and oxygen atoms in total. The van der Waals surface area contributed by atoms with E-state index in [4.69, 9.17) is 9.97 Å². The van der Waals surface area contributed by atoms with Crippen molar-refractivity contribution in [2.75, 3.05) is 37.6 Å². The lowest BCUT2D eigenvalue weighted by atomic mass is 10.1. The Hall–Kier alpha value is -3.68. The molecule has 1 aliphatic rings. The Morgan fingerprint density at radius 1 is 0.850 bits per heavy atom. The maximum absolute atomic E-state index is 12.4. The molecule has 0 radical (unpaired) electrons. The van der Waals surface area contributed by atoms with Gasteiger partial charge in [0.2, 0.25) is 0 Å². The predicted octanol–water partition coefficient (Wildman–Crippen LogP) is 6.14. The van der Waals surface area contributed by atoms with Crippen LogP contribution in [-0.2, 0) is 12.3 Å². The van der Waals surface area contributed by atoms with Crippen molar-refractivity contribution in [3.8, 4) is 11.3 Å². The van der Waals surface area contributed by atoms with Crippen LogP contribution in [0.3, 0.4) is 0 Å². The fourth-order valence-corrected chi connectivity index (χ4v) is 5.48. The van der Waals surface area contributed by atoms with Gasteiger partial charge in [-0.15, -0.1) is 0 Å². The van der Waals surface area contributed by atoms with Crippen molar-refractivity contribution in [3.63, 3.8) is 0 Å². The van der Waals surface area contributed by atoms with Crippen LogP contribution in [0, 0.1) is 5.92 Å². The molecule has 206 valence electrons. The Morgan fingerprint density at radius 2 is 1.52 bits per heavy atom. The Labute approximate surface area is 241 Å². The van der Waals surface area contributed by atoms with E-state index in [2.05, 4.69) is 77.5 Å². The van der Waals surface area contributed by atoms with Gasteiger partial charge in [0.15, 0.2) is 5.16 Å². The molecule has 0 aliphatic carbocycles. The molecule has 1 aromatic heterocycles. The standard InChI is InChI=1S/C33H37N5OS/c1-25(2)22-34-32(39)29-15-13-27(14-16-29)24-40-33-35-30(28-11-7-4-8-12-28)21-31(36-33)38-19-17-37(18-20-38)23-26-9-5-3-6-10-26/h3-16,21,25H,17-20,22-24H2,1-2H3,(H,34,39). The lowest BCUT2D eigenvalue weighted by molar-refractivity contribution is 0.0949. The molecule has 1 amide bonds. The van der Waals surface area contributed by atoms with Gasteiger partial charge in [0.05, 0.1) is 5.69 Å². The normalized spacial score (nSPS) is 13.9. The lowest BCUT2D eigenvalue weighted by Gasteiger charge is -2.35. The van der Waals surface area contributed by atoms with E-state index < -0.39 is 0 Å². The monoisotopic (exact) mass is 551 g/mol. The zero-order valence-electron chi connectivity index (χ0n) is 23.3. The van der Waals surface area contributed by atoms with Crippen molar-refractivity contribution in [1.82, 2.24) is 20.2 Å². The largest absolute Gasteiger partial charge is 0.354 e. The molecule has 1 N–H and O–H groups in total. The number of benzene rings is 3. The van der Waals surface area contributed by atoms with E-state index in [1.54, 1.807) is 11.8 Å². The van der Waals surface area contributed by atoms with Crippen molar-refractivity contribution >= 4 is 23.5 Å². The van der Waals surface area contributed by atoms with Crippen molar-refractivity contribution in [1.29, 1.82) is 0 Å². The number of hydrogen-bond acceptors (Lipinski definition) is 6. The van der Waals surface area contributed by atoms with Gasteiger partial charge < -0.3 is 10.2 Å². The first-order chi connectivity index (χ1) is 19.5. The topological polar surface area (TPSA) is 61.4 Å². The molecule has 1 fully saturated rings. The third-order valence-electron chi connectivity index (χ3n) is 6.96. The fraction of sp³-hybridized carbons (Fsp3) is 0.303. The van der Waals surface area contributed by atoms with E-state index in [-0.39, 0.29) is 5.91 Å². The summed E-state index contributed by atoms with van der Waals surface area (Å²) >= 11 is 1.63. The second kappa shape index (κ2) is 13.6. The molecule has 4 aromatic rings. The molecule has 0 unspecified atom stereocenters. The summed E-state index contributed by atoms with van der Waals surface area (Å²) in [5.74, 6) is 2.11. The number of rotatable bonds is 10. The number of carbonyl (C=O) groups excluding carboxylic acids is 1. The van der Waals surface area contributed by atoms with Crippen LogP contribution < -0.4 is 10.2 Å². The number of piperazine rings is 1. The second-order valence-corrected chi connectivity index (χ2v) is 11.5. The van der Waals surface area contributed by atoms with Gasteiger partial charge in [0.25, 0.3) is 5.91 Å². The maximum atomic E-state index is 12.4. The number of anilines is 1. The summed E-state index contributed by atoms with van der Waals surface area (Å²) in [6.45, 7) is 9.70. The van der Waals surface area contributed by atoms with E-state index in [0.29, 0.717) is 18.0 Å². The van der Waals surface area contributed by atoms with E-state index >= 15 is 0 Å². The summed E-state index contributed by atoms with van der Waals surface area (Å²) in [6.07, 6.45) is 0. The van der Waals surface area contributed by atoms with Crippen LogP contribution in [0.2, 0.25) is 0 Å². The summed E-state index contributed by atoms with van der Waals surface area (Å²) in [5, 5.41) is 3.74. The van der Waals surface area contributed by atoms with Gasteiger partial charge in [0.1, 0.15) is 5.82 Å². The minimum Gasteiger partial charge on any atom is -0.354 e. The first-order valence-electron chi connectivity index (χ1n) is 14.0. The number of carbonyl (C=O) groups is 1. The number of nitrogens with one attached hydrogen (secondary N) is 1. The molecule has 1 aliphatic heterocycles. The molecule has 0 saturated carbocycles. The van der Waals surface area contributed by atoms with Gasteiger partial charge in [-0.3, -0.25) is 9.69 Å². The summed E-state index contributed by atoms with van der Waals surface area (Å²) in [7, 11) is 0. The number of aromatic nitrogens is 2. The van der Waals surface area contributed by atoms with E-state index in [1.165, 1.54) is 5.56 Å². The van der Waals surface area contributed by atoms with Crippen LogP contribution in [0.1, 0.15) is 35.3 Å². The second-order valence-electron chi connectivity index (χ2n) is 10.6. The maximum Gasteiger partial charge on any atom is 0.251 e. The third-order valence-corrected chi connectivity index (χ3v) is 7.88. The Morgan fingerprint density at radius 3 is 2.20 bits per heavy atom. The summed E-state index contributed by atoms with van der Waals surface area (Å²) in [6, 6.07) is 30.9. The number of thioether (sulfide) groups is 1. The molecule has 3 aromatic carbocycles. The van der Waals surface area contributed by atoms with Gasteiger partial charge in [-0.05, 0) is 29.2 Å². The highest BCUT2D eigenvalue weighted by molar-refractivity contribution is 7.98. The molecule has 0 atom stereocenters. The molecule has 5 rings (SSSR count). The van der Waals surface area contributed by atoms with Gasteiger partial charge in [-0.2, -0.15) is 0 Å². The first-order valence-corrected chi connectivity index (χ1v) is 15.0. The van der Waals surface area contributed by atoms with Gasteiger partial charge in [-0.1, -0.05) is 98.4 Å². The lowest BCUT2D eigenvalue weighted by Crippen LogP contribution is -2.46. The first kappa shape index (κ1) is 27.9. The highest BCUT2D eigenvalue weighted by Crippen LogP contribution is 2.28. The molecule has 0 spiro atoms. The fourth-order valence-electron chi connectivity index (χ4n) is 4.67. The zero-order valence-corrected chi connectivity index (χ0v) is 24.1. The molecule has 1 saturated heterocycles. The Bertz CT molecular complexity index is 1370. The molecular formula is C33H37N5OS. The SMILES string of the molecule is CC(C)CNC(=O)c1ccc(CSc2nc(-c3ccccc3)cc(N3CCN(Cc4ccccc4)CC3)n2)cc1. The number of hydrogen-bond donors (Lipinski definition) is 1. The predicted molar refractivity (Wildman–Crippen MR) is 165 cm³/mol. The van der Waals surface area contributed by atoms with Gasteiger partial charge in [0, 0.05) is 62.2 Å². The van der Waals surface area contributed by atoms with Gasteiger partial charge in [-0.25, -0.2) is 9.97 Å². The van der Waals surface area contributed by atoms with Gasteiger partial charge >= 0.3 is 0 Å². The Kier molecular flexibility index (Phi) is 9.47. The number of amides is 1. The van der Waals surface area contributed by atoms with Crippen LogP contribution in [0.25, 0.3) is 11.3 Å². The van der Waals surface area contributed by atoms with E-state index in [0.717, 1.165) is 66.3 Å². The van der Waals surface area contributed by atoms with Crippen LogP contribution in [0.5, 0.6) is 0 Å². The van der Waals surface area contributed by atoms with Crippen LogP contribution >= 0.6 is 11.8 Å². The van der Waals surface area contributed by atoms with Crippen molar-refractivity contribution < 1.29 is 4.79 Å². The minimum atomic E-state index is -0.0275. The molecular weight excluding hydrogens is 514 g/mol. The minimum absolute atomic E-state index is 0.0275. The van der Waals surface area contributed by atoms with Crippen molar-refractivity contribution in [3.05, 3.63) is 108 Å². The highest BCUT2D eigenvalue weighted by atomic mass is 32.2. The number of nitrogens with zero attached hydrogens (tertiary/aromatic N) is 4. The highest BCUT2D eigenvalue weighted by Gasteiger charge is 2.20. The average Bonchev–Trinajstić information content (AvgIpc) is 3.00. The van der Waals surface area contributed by atoms with Crippen LogP contribution in [0.4, 0.5) is 5.82 Å². The smallest absolute Gasteiger partial charge is 0.251 e. The third kappa shape index (κ3) is 7.71. The summed E-state index contributed by atoms with van der Waals surface area (Å²) in [4.78, 5) is 27.2. The van der Waals surface area contributed by atoms with E-state index in [9.17, 15) is 4.79 Å². The van der Waals surface area contributed by atoms with Crippen molar-refractivity contribution in [2.45, 2.75) is 31.3 Å². The molecule has 7 heteroatoms. The quantitative estimate of drug-likeness (QED) is 0.189. The molecule has 2 heterocycles. The van der Waals surface area contributed by atoms with Crippen molar-refractivity contribution in [2.24, 2.45) is 5.92 Å². The zero-order chi connectivity index (χ0) is 27.7. The summed E-state index contributed by atoms with van der Waals surface area (Å²) in [5.41, 5.74) is 5.21. The van der Waals surface area contributed by atoms with Crippen LogP contribution in [-0.4, -0.2) is 53.5 Å². The molecule has 0 bridgehead atoms.